The molecule has 0 aliphatic heterocycles. The van der Waals surface area contributed by atoms with Gasteiger partial charge in [-0.1, -0.05) is 48.5 Å². The third-order valence-electron chi connectivity index (χ3n) is 3.83. The molecule has 0 aromatic heterocycles. The summed E-state index contributed by atoms with van der Waals surface area (Å²) in [6.45, 7) is 4.17. The predicted octanol–water partition coefficient (Wildman–Crippen LogP) is 4.10. The number of carboxylic acids is 1. The number of benzene rings is 2. The van der Waals surface area contributed by atoms with Crippen LogP contribution in [0.15, 0.2) is 48.5 Å². The van der Waals surface area contributed by atoms with Crippen LogP contribution in [0.3, 0.4) is 0 Å². The van der Waals surface area contributed by atoms with Gasteiger partial charge >= 0.3 is 5.97 Å². The lowest BCUT2D eigenvalue weighted by atomic mass is 9.90. The molecule has 0 amide bonds. The zero-order chi connectivity index (χ0) is 14.5. The number of carbonyl (C=O) groups is 1. The first-order valence-corrected chi connectivity index (χ1v) is 6.92. The van der Waals surface area contributed by atoms with Crippen LogP contribution in [0.2, 0.25) is 0 Å². The molecule has 104 valence electrons. The molecule has 2 heteroatoms. The Bertz CT molecular complexity index is 567. The van der Waals surface area contributed by atoms with Crippen LogP contribution in [0.4, 0.5) is 0 Å². The first kappa shape index (κ1) is 14.3. The van der Waals surface area contributed by atoms with Crippen molar-refractivity contribution in [1.29, 1.82) is 0 Å². The monoisotopic (exact) mass is 268 g/mol. The van der Waals surface area contributed by atoms with Gasteiger partial charge in [0.2, 0.25) is 0 Å². The van der Waals surface area contributed by atoms with Gasteiger partial charge in [0.25, 0.3) is 0 Å². The van der Waals surface area contributed by atoms with Crippen LogP contribution in [-0.4, -0.2) is 11.1 Å². The minimum atomic E-state index is -0.748. The minimum Gasteiger partial charge on any atom is -0.481 e. The Labute approximate surface area is 120 Å². The summed E-state index contributed by atoms with van der Waals surface area (Å²) in [6.07, 6.45) is 1.43. The summed E-state index contributed by atoms with van der Waals surface area (Å²) >= 11 is 0. The number of carboxylic acid groups (broad SMARTS) is 1. The van der Waals surface area contributed by atoms with Gasteiger partial charge in [-0.25, -0.2) is 0 Å². The average Bonchev–Trinajstić information content (AvgIpc) is 2.43. The van der Waals surface area contributed by atoms with Crippen LogP contribution in [0, 0.1) is 13.8 Å². The molecule has 0 radical (unpaired) electrons. The first-order valence-electron chi connectivity index (χ1n) is 6.92. The van der Waals surface area contributed by atoms with Crippen molar-refractivity contribution in [2.45, 2.75) is 32.6 Å². The molecule has 2 nitrogen and oxygen atoms in total. The summed E-state index contributed by atoms with van der Waals surface area (Å²) in [5.41, 5.74) is 4.63. The van der Waals surface area contributed by atoms with E-state index in [0.29, 0.717) is 6.42 Å². The van der Waals surface area contributed by atoms with Crippen LogP contribution in [0.25, 0.3) is 0 Å². The Kier molecular flexibility index (Phi) is 4.57. The zero-order valence-electron chi connectivity index (χ0n) is 12.0. The van der Waals surface area contributed by atoms with Crippen molar-refractivity contribution in [3.05, 3.63) is 70.8 Å². The van der Waals surface area contributed by atoms with E-state index in [-0.39, 0.29) is 0 Å². The molecule has 1 atom stereocenters. The van der Waals surface area contributed by atoms with Crippen molar-refractivity contribution in [2.24, 2.45) is 0 Å². The SMILES string of the molecule is Cc1cccc(C)c1CCC(C(=O)O)c1ccccc1. The largest absolute Gasteiger partial charge is 0.481 e. The van der Waals surface area contributed by atoms with Crippen molar-refractivity contribution >= 4 is 5.97 Å². The number of aryl methyl sites for hydroxylation is 2. The van der Waals surface area contributed by atoms with E-state index >= 15 is 0 Å². The molecule has 0 saturated heterocycles. The van der Waals surface area contributed by atoms with Crippen molar-refractivity contribution in [3.8, 4) is 0 Å². The van der Waals surface area contributed by atoms with Gasteiger partial charge in [-0.2, -0.15) is 0 Å². The molecular weight excluding hydrogens is 248 g/mol. The molecule has 0 saturated carbocycles. The number of rotatable bonds is 5. The highest BCUT2D eigenvalue weighted by atomic mass is 16.4. The molecule has 0 spiro atoms. The van der Waals surface area contributed by atoms with Crippen LogP contribution < -0.4 is 0 Å². The highest BCUT2D eigenvalue weighted by Crippen LogP contribution is 2.24. The maximum absolute atomic E-state index is 11.5. The van der Waals surface area contributed by atoms with Gasteiger partial charge in [-0.05, 0) is 48.9 Å². The van der Waals surface area contributed by atoms with Gasteiger partial charge in [0.1, 0.15) is 0 Å². The van der Waals surface area contributed by atoms with Crippen molar-refractivity contribution in [1.82, 2.24) is 0 Å². The van der Waals surface area contributed by atoms with E-state index in [2.05, 4.69) is 26.0 Å². The Morgan fingerprint density at radius 1 is 1.00 bits per heavy atom. The average molecular weight is 268 g/mol. The summed E-state index contributed by atoms with van der Waals surface area (Å²) < 4.78 is 0. The van der Waals surface area contributed by atoms with E-state index in [9.17, 15) is 9.90 Å². The number of hydrogen-bond donors (Lipinski definition) is 1. The highest BCUT2D eigenvalue weighted by molar-refractivity contribution is 5.76. The van der Waals surface area contributed by atoms with Crippen LogP contribution >= 0.6 is 0 Å². The molecule has 2 rings (SSSR count). The fourth-order valence-electron chi connectivity index (χ4n) is 2.65. The summed E-state index contributed by atoms with van der Waals surface area (Å²) in [4.78, 5) is 11.5. The Morgan fingerprint density at radius 3 is 2.15 bits per heavy atom. The van der Waals surface area contributed by atoms with Gasteiger partial charge in [0.15, 0.2) is 0 Å². The maximum Gasteiger partial charge on any atom is 0.310 e. The second-order valence-corrected chi connectivity index (χ2v) is 5.21. The summed E-state index contributed by atoms with van der Waals surface area (Å²) in [6, 6.07) is 15.7. The minimum absolute atomic E-state index is 0.435. The smallest absolute Gasteiger partial charge is 0.310 e. The quantitative estimate of drug-likeness (QED) is 0.886. The Hall–Kier alpha value is -2.09. The van der Waals surface area contributed by atoms with E-state index < -0.39 is 11.9 Å². The lowest BCUT2D eigenvalue weighted by molar-refractivity contribution is -0.138. The number of aliphatic carboxylic acids is 1. The van der Waals surface area contributed by atoms with Gasteiger partial charge < -0.3 is 5.11 Å². The van der Waals surface area contributed by atoms with Crippen molar-refractivity contribution < 1.29 is 9.90 Å². The fraction of sp³-hybridized carbons (Fsp3) is 0.278. The van der Waals surface area contributed by atoms with Crippen LogP contribution in [-0.2, 0) is 11.2 Å². The van der Waals surface area contributed by atoms with Gasteiger partial charge in [-0.15, -0.1) is 0 Å². The van der Waals surface area contributed by atoms with Crippen molar-refractivity contribution in [2.75, 3.05) is 0 Å². The maximum atomic E-state index is 11.5. The van der Waals surface area contributed by atoms with Crippen LogP contribution in [0.1, 0.15) is 34.6 Å². The third-order valence-corrected chi connectivity index (χ3v) is 3.83. The molecule has 1 N–H and O–H groups in total. The first-order chi connectivity index (χ1) is 9.59. The molecule has 0 aliphatic rings. The normalized spacial score (nSPS) is 12.1. The Balaban J connectivity index is 2.17. The predicted molar refractivity (Wildman–Crippen MR) is 81.1 cm³/mol. The second kappa shape index (κ2) is 6.38. The highest BCUT2D eigenvalue weighted by Gasteiger charge is 2.19. The van der Waals surface area contributed by atoms with E-state index in [1.807, 2.05) is 36.4 Å². The molecule has 0 bridgehead atoms. The Morgan fingerprint density at radius 2 is 1.60 bits per heavy atom. The molecule has 2 aromatic carbocycles. The zero-order valence-corrected chi connectivity index (χ0v) is 12.0. The van der Waals surface area contributed by atoms with E-state index in [1.54, 1.807) is 0 Å². The third kappa shape index (κ3) is 3.27. The van der Waals surface area contributed by atoms with E-state index in [1.165, 1.54) is 16.7 Å². The summed E-state index contributed by atoms with van der Waals surface area (Å²) in [7, 11) is 0. The second-order valence-electron chi connectivity index (χ2n) is 5.21. The molecule has 20 heavy (non-hydrogen) atoms. The molecule has 0 heterocycles. The van der Waals surface area contributed by atoms with E-state index in [4.69, 9.17) is 0 Å². The summed E-state index contributed by atoms with van der Waals surface area (Å²) in [5, 5.41) is 9.44. The van der Waals surface area contributed by atoms with Crippen molar-refractivity contribution in [3.63, 3.8) is 0 Å². The molecule has 0 aliphatic carbocycles. The molecular formula is C18H20O2. The van der Waals surface area contributed by atoms with E-state index in [0.717, 1.165) is 12.0 Å². The van der Waals surface area contributed by atoms with Gasteiger partial charge in [-0.3, -0.25) is 4.79 Å². The lowest BCUT2D eigenvalue weighted by Crippen LogP contribution is -2.13. The van der Waals surface area contributed by atoms with Gasteiger partial charge in [0.05, 0.1) is 5.92 Å². The molecule has 1 unspecified atom stereocenters. The topological polar surface area (TPSA) is 37.3 Å². The molecule has 2 aromatic rings. The summed E-state index contributed by atoms with van der Waals surface area (Å²) in [5.74, 6) is -1.18. The van der Waals surface area contributed by atoms with Gasteiger partial charge in [0, 0.05) is 0 Å². The fourth-order valence-corrected chi connectivity index (χ4v) is 2.65. The van der Waals surface area contributed by atoms with Crippen LogP contribution in [0.5, 0.6) is 0 Å². The standard InChI is InChI=1S/C18H20O2/c1-13-7-6-8-14(2)16(13)11-12-17(18(19)20)15-9-4-3-5-10-15/h3-10,17H,11-12H2,1-2H3,(H,19,20). The lowest BCUT2D eigenvalue weighted by Gasteiger charge is -2.15. The molecule has 0 fully saturated rings. The number of hydrogen-bond acceptors (Lipinski definition) is 1.